The van der Waals surface area contributed by atoms with E-state index in [-0.39, 0.29) is 5.03 Å². The highest BCUT2D eigenvalue weighted by atomic mass is 35.5. The number of hydrogen-bond acceptors (Lipinski definition) is 3. The summed E-state index contributed by atoms with van der Waals surface area (Å²) in [6.45, 7) is 0. The number of hydrazine groups is 1. The average Bonchev–Trinajstić information content (AvgIpc) is 2.17. The molecule has 74 valence electrons. The quantitative estimate of drug-likeness (QED) is 0.405. The molecule has 0 radical (unpaired) electrons. The van der Waals surface area contributed by atoms with E-state index in [9.17, 15) is 4.79 Å². The average molecular weight is 213 g/mol. The Hall–Kier alpha value is -1.52. The smallest absolute Gasteiger partial charge is 0.329 e. The van der Waals surface area contributed by atoms with Gasteiger partial charge < -0.3 is 10.5 Å². The standard InChI is InChI=1S/C9H9ClN2O2/c10-8(5-9(13)14)6-1-3-7(12-11)4-2-6/h1-5,12H,11H2,(H,13,14)/b8-5-. The van der Waals surface area contributed by atoms with Crippen LogP contribution in [0.3, 0.4) is 0 Å². The van der Waals surface area contributed by atoms with Crippen molar-refractivity contribution in [2.75, 3.05) is 5.43 Å². The number of carbonyl (C=O) groups is 1. The minimum Gasteiger partial charge on any atom is -0.478 e. The number of anilines is 1. The SMILES string of the molecule is NNc1ccc(/C(Cl)=C/C(=O)O)cc1. The molecule has 5 heteroatoms. The highest BCUT2D eigenvalue weighted by Crippen LogP contribution is 2.20. The Balaban J connectivity index is 2.92. The number of rotatable bonds is 3. The van der Waals surface area contributed by atoms with Crippen LogP contribution in [0.2, 0.25) is 0 Å². The summed E-state index contributed by atoms with van der Waals surface area (Å²) >= 11 is 5.73. The van der Waals surface area contributed by atoms with Crippen molar-refractivity contribution >= 4 is 28.3 Å². The zero-order chi connectivity index (χ0) is 10.6. The Kier molecular flexibility index (Phi) is 3.50. The monoisotopic (exact) mass is 212 g/mol. The molecule has 0 aliphatic heterocycles. The van der Waals surface area contributed by atoms with E-state index in [2.05, 4.69) is 5.43 Å². The predicted molar refractivity (Wildman–Crippen MR) is 55.7 cm³/mol. The summed E-state index contributed by atoms with van der Waals surface area (Å²) in [6.07, 6.45) is 0.937. The van der Waals surface area contributed by atoms with Crippen LogP contribution in [0, 0.1) is 0 Å². The molecule has 0 heterocycles. The Labute approximate surface area is 86.0 Å². The third-order valence-electron chi connectivity index (χ3n) is 1.58. The number of nitrogen functional groups attached to an aromatic ring is 1. The second-order valence-corrected chi connectivity index (χ2v) is 2.96. The van der Waals surface area contributed by atoms with Crippen LogP contribution in [-0.2, 0) is 4.79 Å². The molecule has 0 fully saturated rings. The second kappa shape index (κ2) is 4.64. The largest absolute Gasteiger partial charge is 0.478 e. The first-order valence-electron chi connectivity index (χ1n) is 3.80. The number of aliphatic carboxylic acids is 1. The number of carboxylic acids is 1. The van der Waals surface area contributed by atoms with Gasteiger partial charge in [-0.3, -0.25) is 5.84 Å². The minimum atomic E-state index is -1.07. The van der Waals surface area contributed by atoms with E-state index in [1.165, 1.54) is 0 Å². The van der Waals surface area contributed by atoms with Gasteiger partial charge in [0.05, 0.1) is 5.03 Å². The van der Waals surface area contributed by atoms with Crippen molar-refractivity contribution in [1.82, 2.24) is 0 Å². The molecule has 0 unspecified atom stereocenters. The van der Waals surface area contributed by atoms with Crippen LogP contribution in [0.25, 0.3) is 5.03 Å². The summed E-state index contributed by atoms with van der Waals surface area (Å²) in [7, 11) is 0. The van der Waals surface area contributed by atoms with Gasteiger partial charge in [0.25, 0.3) is 0 Å². The fraction of sp³-hybridized carbons (Fsp3) is 0. The topological polar surface area (TPSA) is 75.3 Å². The number of hydrogen-bond donors (Lipinski definition) is 3. The fourth-order valence-electron chi connectivity index (χ4n) is 0.917. The van der Waals surface area contributed by atoms with Crippen molar-refractivity contribution in [2.24, 2.45) is 5.84 Å². The van der Waals surface area contributed by atoms with Gasteiger partial charge in [-0.05, 0) is 17.7 Å². The van der Waals surface area contributed by atoms with Crippen LogP contribution in [0.4, 0.5) is 5.69 Å². The van der Waals surface area contributed by atoms with Gasteiger partial charge in [-0.25, -0.2) is 4.79 Å². The lowest BCUT2D eigenvalue weighted by Gasteiger charge is -2.01. The molecule has 0 bridgehead atoms. The molecular weight excluding hydrogens is 204 g/mol. The van der Waals surface area contributed by atoms with Gasteiger partial charge >= 0.3 is 5.97 Å². The summed E-state index contributed by atoms with van der Waals surface area (Å²) < 4.78 is 0. The zero-order valence-electron chi connectivity index (χ0n) is 7.20. The fourth-order valence-corrected chi connectivity index (χ4v) is 1.14. The summed E-state index contributed by atoms with van der Waals surface area (Å²) in [6, 6.07) is 6.76. The van der Waals surface area contributed by atoms with Crippen molar-refractivity contribution in [3.8, 4) is 0 Å². The van der Waals surface area contributed by atoms with E-state index in [0.29, 0.717) is 5.56 Å². The second-order valence-electron chi connectivity index (χ2n) is 2.55. The molecule has 4 nitrogen and oxygen atoms in total. The maximum atomic E-state index is 10.3. The molecule has 0 aliphatic rings. The highest BCUT2D eigenvalue weighted by molar-refractivity contribution is 6.50. The predicted octanol–water partition coefficient (Wildman–Crippen LogP) is 1.64. The molecule has 4 N–H and O–H groups in total. The Morgan fingerprint density at radius 3 is 2.43 bits per heavy atom. The highest BCUT2D eigenvalue weighted by Gasteiger charge is 2.00. The normalized spacial score (nSPS) is 11.1. The maximum absolute atomic E-state index is 10.3. The molecule has 0 aromatic heterocycles. The van der Waals surface area contributed by atoms with E-state index in [0.717, 1.165) is 11.8 Å². The van der Waals surface area contributed by atoms with Gasteiger partial charge in [0, 0.05) is 11.8 Å². The van der Waals surface area contributed by atoms with Crippen LogP contribution in [-0.4, -0.2) is 11.1 Å². The van der Waals surface area contributed by atoms with Crippen LogP contribution in [0.15, 0.2) is 30.3 Å². The summed E-state index contributed by atoms with van der Waals surface area (Å²) in [5.74, 6) is 4.09. The van der Waals surface area contributed by atoms with Crippen molar-refractivity contribution in [2.45, 2.75) is 0 Å². The van der Waals surface area contributed by atoms with Crippen molar-refractivity contribution in [3.05, 3.63) is 35.9 Å². The summed E-state index contributed by atoms with van der Waals surface area (Å²) in [4.78, 5) is 10.3. The first kappa shape index (κ1) is 10.6. The van der Waals surface area contributed by atoms with Gasteiger partial charge in [0.1, 0.15) is 0 Å². The molecule has 0 atom stereocenters. The third-order valence-corrected chi connectivity index (χ3v) is 1.90. The van der Waals surface area contributed by atoms with Gasteiger partial charge in [0.15, 0.2) is 0 Å². The molecular formula is C9H9ClN2O2. The first-order valence-corrected chi connectivity index (χ1v) is 4.18. The van der Waals surface area contributed by atoms with E-state index in [1.807, 2.05) is 0 Å². The lowest BCUT2D eigenvalue weighted by Crippen LogP contribution is -2.06. The molecule has 1 rings (SSSR count). The summed E-state index contributed by atoms with van der Waals surface area (Å²) in [5.41, 5.74) is 3.82. The van der Waals surface area contributed by atoms with Crippen LogP contribution >= 0.6 is 11.6 Å². The van der Waals surface area contributed by atoms with E-state index in [4.69, 9.17) is 22.6 Å². The molecule has 1 aromatic carbocycles. The van der Waals surface area contributed by atoms with Gasteiger partial charge in [-0.15, -0.1) is 0 Å². The lowest BCUT2D eigenvalue weighted by molar-refractivity contribution is -0.131. The maximum Gasteiger partial charge on any atom is 0.329 e. The van der Waals surface area contributed by atoms with Crippen molar-refractivity contribution in [3.63, 3.8) is 0 Å². The Bertz CT molecular complexity index is 360. The molecule has 0 aliphatic carbocycles. The molecule has 1 aromatic rings. The van der Waals surface area contributed by atoms with Crippen molar-refractivity contribution < 1.29 is 9.90 Å². The zero-order valence-corrected chi connectivity index (χ0v) is 7.95. The number of nitrogens with two attached hydrogens (primary N) is 1. The number of benzene rings is 1. The molecule has 0 spiro atoms. The Morgan fingerprint density at radius 2 is 2.00 bits per heavy atom. The van der Waals surface area contributed by atoms with Gasteiger partial charge in [0.2, 0.25) is 0 Å². The van der Waals surface area contributed by atoms with Crippen LogP contribution < -0.4 is 11.3 Å². The minimum absolute atomic E-state index is 0.182. The molecule has 0 saturated carbocycles. The molecule has 0 amide bonds. The lowest BCUT2D eigenvalue weighted by atomic mass is 10.2. The van der Waals surface area contributed by atoms with E-state index >= 15 is 0 Å². The number of carboxylic acid groups (broad SMARTS) is 1. The van der Waals surface area contributed by atoms with E-state index < -0.39 is 5.97 Å². The number of nitrogens with one attached hydrogen (secondary N) is 1. The van der Waals surface area contributed by atoms with Gasteiger partial charge in [-0.2, -0.15) is 0 Å². The molecule has 0 saturated heterocycles. The Morgan fingerprint density at radius 1 is 1.43 bits per heavy atom. The first-order chi connectivity index (χ1) is 6.63. The number of halogens is 1. The summed E-state index contributed by atoms with van der Waals surface area (Å²) in [5, 5.41) is 8.63. The van der Waals surface area contributed by atoms with Gasteiger partial charge in [-0.1, -0.05) is 23.7 Å². The third kappa shape index (κ3) is 2.76. The van der Waals surface area contributed by atoms with Crippen LogP contribution in [0.5, 0.6) is 0 Å². The molecule has 14 heavy (non-hydrogen) atoms. The van der Waals surface area contributed by atoms with E-state index in [1.54, 1.807) is 24.3 Å². The van der Waals surface area contributed by atoms with Crippen LogP contribution in [0.1, 0.15) is 5.56 Å². The van der Waals surface area contributed by atoms with Crippen molar-refractivity contribution in [1.29, 1.82) is 0 Å².